The maximum atomic E-state index is 2.95. The van der Waals surface area contributed by atoms with Crippen LogP contribution in [0, 0.1) is 11.3 Å². The van der Waals surface area contributed by atoms with Crippen LogP contribution in [0.2, 0.25) is 0 Å². The molecule has 0 N–H and O–H groups in total. The van der Waals surface area contributed by atoms with E-state index in [2.05, 4.69) is 37.5 Å². The van der Waals surface area contributed by atoms with Crippen molar-refractivity contribution in [1.29, 1.82) is 0 Å². The zero-order chi connectivity index (χ0) is 14.3. The Hall–Kier alpha value is -0.0800. The molecule has 2 heteroatoms. The summed E-state index contributed by atoms with van der Waals surface area (Å²) < 4.78 is 0. The highest BCUT2D eigenvalue weighted by Gasteiger charge is 2.45. The summed E-state index contributed by atoms with van der Waals surface area (Å²) in [5, 5.41) is 0. The quantitative estimate of drug-likeness (QED) is 0.759. The summed E-state index contributed by atoms with van der Waals surface area (Å²) in [7, 11) is 0. The third kappa shape index (κ3) is 2.66. The van der Waals surface area contributed by atoms with Crippen LogP contribution in [0.1, 0.15) is 66.2 Å². The van der Waals surface area contributed by atoms with E-state index in [0.29, 0.717) is 5.41 Å². The van der Waals surface area contributed by atoms with Gasteiger partial charge in [0.1, 0.15) is 0 Å². The highest BCUT2D eigenvalue weighted by Crippen LogP contribution is 2.43. The topological polar surface area (TPSA) is 6.48 Å². The summed E-state index contributed by atoms with van der Waals surface area (Å²) in [6.07, 6.45) is 8.61. The molecule has 2 nitrogen and oxygen atoms in total. The predicted octanol–water partition coefficient (Wildman–Crippen LogP) is 3.76. The van der Waals surface area contributed by atoms with Crippen LogP contribution in [0.5, 0.6) is 0 Å². The van der Waals surface area contributed by atoms with Gasteiger partial charge in [0.15, 0.2) is 0 Å². The third-order valence-corrected chi connectivity index (χ3v) is 6.39. The van der Waals surface area contributed by atoms with Crippen molar-refractivity contribution in [3.8, 4) is 0 Å². The van der Waals surface area contributed by atoms with E-state index in [1.54, 1.807) is 0 Å². The van der Waals surface area contributed by atoms with E-state index in [9.17, 15) is 0 Å². The molecule has 3 unspecified atom stereocenters. The maximum absolute atomic E-state index is 2.95. The molecule has 0 spiro atoms. The Bertz CT molecular complexity index is 336. The SMILES string of the molecule is CC(C)C1CN2CCCCC2CN1C1CCCC1(C)C. The van der Waals surface area contributed by atoms with E-state index < -0.39 is 0 Å². The lowest BCUT2D eigenvalue weighted by molar-refractivity contribution is -0.0496. The van der Waals surface area contributed by atoms with E-state index in [1.165, 1.54) is 58.2 Å². The van der Waals surface area contributed by atoms with Crippen molar-refractivity contribution in [2.45, 2.75) is 84.3 Å². The van der Waals surface area contributed by atoms with Crippen molar-refractivity contribution in [2.75, 3.05) is 19.6 Å². The van der Waals surface area contributed by atoms with Crippen LogP contribution in [0.25, 0.3) is 0 Å². The second-order valence-corrected chi connectivity index (χ2v) is 8.55. The van der Waals surface area contributed by atoms with Crippen LogP contribution >= 0.6 is 0 Å². The minimum atomic E-state index is 0.532. The Balaban J connectivity index is 1.79. The Kier molecular flexibility index (Phi) is 4.16. The number of hydrogen-bond donors (Lipinski definition) is 0. The van der Waals surface area contributed by atoms with Crippen molar-refractivity contribution in [3.63, 3.8) is 0 Å². The first kappa shape index (κ1) is 14.8. The lowest BCUT2D eigenvalue weighted by Crippen LogP contribution is -2.64. The molecular weight excluding hydrogens is 244 g/mol. The van der Waals surface area contributed by atoms with E-state index in [-0.39, 0.29) is 0 Å². The number of fused-ring (bicyclic) bond motifs is 1. The molecule has 2 saturated heterocycles. The first-order valence-corrected chi connectivity index (χ1v) is 8.99. The number of nitrogens with zero attached hydrogens (tertiary/aromatic N) is 2. The fourth-order valence-corrected chi connectivity index (χ4v) is 5.11. The van der Waals surface area contributed by atoms with Crippen LogP contribution in [0.3, 0.4) is 0 Å². The highest BCUT2D eigenvalue weighted by molar-refractivity contribution is 5.00. The van der Waals surface area contributed by atoms with Gasteiger partial charge in [0.25, 0.3) is 0 Å². The molecule has 0 aromatic rings. The molecule has 3 fully saturated rings. The minimum absolute atomic E-state index is 0.532. The van der Waals surface area contributed by atoms with Crippen LogP contribution in [-0.2, 0) is 0 Å². The summed E-state index contributed by atoms with van der Waals surface area (Å²) in [5.74, 6) is 0.786. The van der Waals surface area contributed by atoms with Crippen LogP contribution in [0.4, 0.5) is 0 Å². The van der Waals surface area contributed by atoms with E-state index in [0.717, 1.165) is 24.0 Å². The van der Waals surface area contributed by atoms with Gasteiger partial charge >= 0.3 is 0 Å². The predicted molar refractivity (Wildman–Crippen MR) is 86.0 cm³/mol. The summed E-state index contributed by atoms with van der Waals surface area (Å²) in [4.78, 5) is 5.76. The van der Waals surface area contributed by atoms with Crippen molar-refractivity contribution in [2.24, 2.45) is 11.3 Å². The molecule has 0 amide bonds. The van der Waals surface area contributed by atoms with Crippen LogP contribution in [0.15, 0.2) is 0 Å². The maximum Gasteiger partial charge on any atom is 0.0250 e. The summed E-state index contributed by atoms with van der Waals surface area (Å²) in [5.41, 5.74) is 0.532. The van der Waals surface area contributed by atoms with Gasteiger partial charge in [0, 0.05) is 31.2 Å². The largest absolute Gasteiger partial charge is 0.298 e. The molecule has 0 aromatic carbocycles. The molecule has 1 aliphatic carbocycles. The molecule has 0 radical (unpaired) electrons. The standard InChI is InChI=1S/C18H34N2/c1-14(2)16-13-19-11-6-5-8-15(19)12-20(16)17-9-7-10-18(17,3)4/h14-17H,5-13H2,1-4H3. The second-order valence-electron chi connectivity index (χ2n) is 8.55. The van der Waals surface area contributed by atoms with E-state index in [4.69, 9.17) is 0 Å². The molecule has 1 saturated carbocycles. The zero-order valence-electron chi connectivity index (χ0n) is 14.1. The normalized spacial score (nSPS) is 39.1. The summed E-state index contributed by atoms with van der Waals surface area (Å²) >= 11 is 0. The van der Waals surface area contributed by atoms with Gasteiger partial charge in [-0.1, -0.05) is 40.5 Å². The Morgan fingerprint density at radius 3 is 2.45 bits per heavy atom. The molecule has 0 aromatic heterocycles. The second kappa shape index (κ2) is 5.61. The highest BCUT2D eigenvalue weighted by atomic mass is 15.3. The van der Waals surface area contributed by atoms with Crippen molar-refractivity contribution < 1.29 is 0 Å². The lowest BCUT2D eigenvalue weighted by atomic mass is 9.82. The van der Waals surface area contributed by atoms with Crippen LogP contribution in [-0.4, -0.2) is 47.6 Å². The van der Waals surface area contributed by atoms with Gasteiger partial charge in [-0.05, 0) is 43.6 Å². The molecule has 3 rings (SSSR count). The van der Waals surface area contributed by atoms with Gasteiger partial charge in [-0.25, -0.2) is 0 Å². The monoisotopic (exact) mass is 278 g/mol. The number of piperazine rings is 1. The Morgan fingerprint density at radius 1 is 1.00 bits per heavy atom. The first-order chi connectivity index (χ1) is 9.49. The number of rotatable bonds is 2. The Labute approximate surface area is 125 Å². The van der Waals surface area contributed by atoms with Crippen LogP contribution < -0.4 is 0 Å². The van der Waals surface area contributed by atoms with E-state index in [1.807, 2.05) is 0 Å². The average Bonchev–Trinajstić information content (AvgIpc) is 2.76. The Morgan fingerprint density at radius 2 is 1.80 bits per heavy atom. The zero-order valence-corrected chi connectivity index (χ0v) is 14.1. The average molecular weight is 278 g/mol. The van der Waals surface area contributed by atoms with Crippen molar-refractivity contribution in [3.05, 3.63) is 0 Å². The van der Waals surface area contributed by atoms with E-state index >= 15 is 0 Å². The fraction of sp³-hybridized carbons (Fsp3) is 1.00. The lowest BCUT2D eigenvalue weighted by Gasteiger charge is -2.54. The molecule has 2 heterocycles. The van der Waals surface area contributed by atoms with Gasteiger partial charge in [0.2, 0.25) is 0 Å². The van der Waals surface area contributed by atoms with Crippen molar-refractivity contribution in [1.82, 2.24) is 9.80 Å². The molecule has 3 atom stereocenters. The molecule has 116 valence electrons. The van der Waals surface area contributed by atoms with Gasteiger partial charge in [-0.15, -0.1) is 0 Å². The first-order valence-electron chi connectivity index (χ1n) is 8.99. The van der Waals surface area contributed by atoms with Gasteiger partial charge < -0.3 is 0 Å². The summed E-state index contributed by atoms with van der Waals surface area (Å²) in [6, 6.07) is 2.47. The van der Waals surface area contributed by atoms with Gasteiger partial charge in [0.05, 0.1) is 0 Å². The summed E-state index contributed by atoms with van der Waals surface area (Å²) in [6.45, 7) is 13.9. The molecular formula is C18H34N2. The molecule has 2 aliphatic heterocycles. The number of hydrogen-bond acceptors (Lipinski definition) is 2. The molecule has 3 aliphatic rings. The van der Waals surface area contributed by atoms with Crippen molar-refractivity contribution >= 4 is 0 Å². The third-order valence-electron chi connectivity index (χ3n) is 6.39. The minimum Gasteiger partial charge on any atom is -0.298 e. The van der Waals surface area contributed by atoms with Gasteiger partial charge in [-0.3, -0.25) is 9.80 Å². The molecule has 20 heavy (non-hydrogen) atoms. The number of piperidine rings is 1. The smallest absolute Gasteiger partial charge is 0.0250 e. The molecule has 0 bridgehead atoms. The van der Waals surface area contributed by atoms with Gasteiger partial charge in [-0.2, -0.15) is 0 Å². The fourth-order valence-electron chi connectivity index (χ4n) is 5.11.